The third kappa shape index (κ3) is 6.61. The molecule has 0 bridgehead atoms. The number of nitrogens with two attached hydrogens (primary N) is 1. The highest BCUT2D eigenvalue weighted by Crippen LogP contribution is 2.52. The third-order valence-electron chi connectivity index (χ3n) is 6.21. The highest BCUT2D eigenvalue weighted by molar-refractivity contribution is 5.67. The summed E-state index contributed by atoms with van der Waals surface area (Å²) >= 11 is 0. The summed E-state index contributed by atoms with van der Waals surface area (Å²) in [6.45, 7) is 6.09. The van der Waals surface area contributed by atoms with Crippen LogP contribution in [0.25, 0.3) is 0 Å². The number of piperidine rings is 1. The van der Waals surface area contributed by atoms with Gasteiger partial charge in [-0.1, -0.05) is 18.9 Å². The van der Waals surface area contributed by atoms with Gasteiger partial charge in [0.2, 0.25) is 6.29 Å². The zero-order valence-electron chi connectivity index (χ0n) is 20.3. The van der Waals surface area contributed by atoms with Crippen LogP contribution < -0.4 is 16.0 Å². The van der Waals surface area contributed by atoms with E-state index in [1.807, 2.05) is 26.0 Å². The van der Waals surface area contributed by atoms with Crippen LogP contribution in [0.4, 0.5) is 32.0 Å². The SMILES string of the molecule is CC.Nc1ccc(N2CCC3(CC2)CC(C=O)C3)nc1.O=Cc1nnc(Nc2ccc(F)c(F)c2)o1. The summed E-state index contributed by atoms with van der Waals surface area (Å²) in [4.78, 5) is 27.6. The molecule has 3 aromatic rings. The second-order valence-corrected chi connectivity index (χ2v) is 8.56. The van der Waals surface area contributed by atoms with Crippen LogP contribution in [0, 0.1) is 23.0 Å². The van der Waals surface area contributed by atoms with E-state index >= 15 is 0 Å². The highest BCUT2D eigenvalue weighted by atomic mass is 19.2. The Hall–Kier alpha value is -3.89. The van der Waals surface area contributed by atoms with E-state index in [-0.39, 0.29) is 17.6 Å². The van der Waals surface area contributed by atoms with Gasteiger partial charge in [0.1, 0.15) is 12.1 Å². The number of nitrogens with one attached hydrogen (secondary N) is 1. The predicted molar refractivity (Wildman–Crippen MR) is 132 cm³/mol. The van der Waals surface area contributed by atoms with Gasteiger partial charge in [-0.3, -0.25) is 4.79 Å². The van der Waals surface area contributed by atoms with Gasteiger partial charge in [0.15, 0.2) is 11.6 Å². The molecule has 1 aromatic carbocycles. The van der Waals surface area contributed by atoms with Crippen LogP contribution in [0.5, 0.6) is 0 Å². The molecule has 9 nitrogen and oxygen atoms in total. The van der Waals surface area contributed by atoms with Crippen LogP contribution in [0.3, 0.4) is 0 Å². The monoisotopic (exact) mass is 500 g/mol. The van der Waals surface area contributed by atoms with Gasteiger partial charge in [0.05, 0.1) is 11.9 Å². The summed E-state index contributed by atoms with van der Waals surface area (Å²) < 4.78 is 30.2. The van der Waals surface area contributed by atoms with Crippen molar-refractivity contribution in [2.75, 3.05) is 29.0 Å². The van der Waals surface area contributed by atoms with E-state index in [4.69, 9.17) is 10.2 Å². The topological polar surface area (TPSA) is 127 Å². The van der Waals surface area contributed by atoms with Crippen molar-refractivity contribution in [2.24, 2.45) is 11.3 Å². The number of hydrogen-bond acceptors (Lipinski definition) is 9. The smallest absolute Gasteiger partial charge is 0.320 e. The van der Waals surface area contributed by atoms with Crippen LogP contribution in [0.15, 0.2) is 40.9 Å². The summed E-state index contributed by atoms with van der Waals surface area (Å²) in [5.74, 6) is -0.814. The minimum absolute atomic E-state index is 0.0758. The molecular formula is C25H30F2N6O3. The van der Waals surface area contributed by atoms with Gasteiger partial charge in [-0.25, -0.2) is 13.8 Å². The number of anilines is 4. The van der Waals surface area contributed by atoms with Gasteiger partial charge in [-0.2, -0.15) is 0 Å². The predicted octanol–water partition coefficient (Wildman–Crippen LogP) is 4.79. The molecule has 192 valence electrons. The quantitative estimate of drug-likeness (QED) is 0.475. The summed E-state index contributed by atoms with van der Waals surface area (Å²) in [6, 6.07) is 6.99. The lowest BCUT2D eigenvalue weighted by Crippen LogP contribution is -2.47. The lowest BCUT2D eigenvalue weighted by Gasteiger charge is -2.51. The lowest BCUT2D eigenvalue weighted by atomic mass is 9.58. The molecule has 0 unspecified atom stereocenters. The molecule has 1 aliphatic carbocycles. The van der Waals surface area contributed by atoms with Crippen molar-refractivity contribution in [3.63, 3.8) is 0 Å². The van der Waals surface area contributed by atoms with E-state index in [0.29, 0.717) is 23.3 Å². The summed E-state index contributed by atoms with van der Waals surface area (Å²) in [5, 5.41) is 9.34. The Balaban J connectivity index is 0.000000189. The maximum atomic E-state index is 12.8. The summed E-state index contributed by atoms with van der Waals surface area (Å²) in [6.07, 6.45) is 7.78. The fraction of sp³-hybridized carbons (Fsp3) is 0.400. The number of carbonyl (C=O) groups excluding carboxylic acids is 2. The number of hydrogen-bond donors (Lipinski definition) is 2. The standard InChI is InChI=1S/C14H19N3O.C9H5F2N3O2.C2H6/c15-12-1-2-13(16-9-12)17-5-3-14(4-6-17)7-11(8-14)10-18;10-6-2-1-5(3-7(6)11)12-9-14-13-8(4-15)16-9;1-2/h1-2,9-11H,3-8,15H2;1-4H,(H,12,14);1-2H3. The fourth-order valence-electron chi connectivity index (χ4n) is 4.38. The van der Waals surface area contributed by atoms with Crippen molar-refractivity contribution < 1.29 is 22.8 Å². The van der Waals surface area contributed by atoms with E-state index in [0.717, 1.165) is 50.2 Å². The molecule has 3 heterocycles. The van der Waals surface area contributed by atoms with Crippen LogP contribution in [-0.2, 0) is 4.79 Å². The first-order valence-corrected chi connectivity index (χ1v) is 11.8. The Kier molecular flexibility index (Phi) is 9.04. The van der Waals surface area contributed by atoms with Crippen molar-refractivity contribution in [2.45, 2.75) is 39.5 Å². The number of pyridine rings is 1. The number of aldehydes is 2. The minimum Gasteiger partial charge on any atom is -0.400 e. The second kappa shape index (κ2) is 12.2. The van der Waals surface area contributed by atoms with E-state index < -0.39 is 11.6 Å². The fourth-order valence-corrected chi connectivity index (χ4v) is 4.38. The molecule has 1 saturated heterocycles. The second-order valence-electron chi connectivity index (χ2n) is 8.56. The number of carbonyl (C=O) groups is 2. The Bertz CT molecular complexity index is 1140. The number of aromatic nitrogens is 3. The molecule has 2 aliphatic rings. The molecule has 5 rings (SSSR count). The molecule has 3 N–H and O–H groups in total. The molecule has 11 heteroatoms. The Labute approximate surface area is 208 Å². The van der Waals surface area contributed by atoms with E-state index in [9.17, 15) is 18.4 Å². The van der Waals surface area contributed by atoms with Gasteiger partial charge in [-0.15, -0.1) is 5.10 Å². The first kappa shape index (κ1) is 26.7. The van der Waals surface area contributed by atoms with Crippen LogP contribution in [0.1, 0.15) is 50.2 Å². The molecule has 36 heavy (non-hydrogen) atoms. The molecule has 1 saturated carbocycles. The number of nitrogen functional groups attached to an aromatic ring is 1. The lowest BCUT2D eigenvalue weighted by molar-refractivity contribution is -0.118. The van der Waals surface area contributed by atoms with Crippen molar-refractivity contribution >= 4 is 35.8 Å². The Morgan fingerprint density at radius 1 is 1.08 bits per heavy atom. The van der Waals surface area contributed by atoms with Gasteiger partial charge >= 0.3 is 6.01 Å². The normalized spacial score (nSPS) is 16.1. The first-order chi connectivity index (χ1) is 17.4. The van der Waals surface area contributed by atoms with Crippen LogP contribution in [0.2, 0.25) is 0 Å². The van der Waals surface area contributed by atoms with Gasteiger partial charge < -0.3 is 25.2 Å². The molecule has 2 fully saturated rings. The zero-order chi connectivity index (χ0) is 26.1. The van der Waals surface area contributed by atoms with Crippen molar-refractivity contribution in [3.8, 4) is 0 Å². The maximum Gasteiger partial charge on any atom is 0.320 e. The van der Waals surface area contributed by atoms with E-state index in [1.54, 1.807) is 6.20 Å². The van der Waals surface area contributed by atoms with Crippen molar-refractivity contribution in [1.29, 1.82) is 0 Å². The zero-order valence-corrected chi connectivity index (χ0v) is 20.3. The third-order valence-corrected chi connectivity index (χ3v) is 6.21. The van der Waals surface area contributed by atoms with Gasteiger partial charge in [0.25, 0.3) is 5.89 Å². The van der Waals surface area contributed by atoms with Crippen molar-refractivity contribution in [3.05, 3.63) is 54.1 Å². The maximum absolute atomic E-state index is 12.8. The average molecular weight is 501 g/mol. The summed E-state index contributed by atoms with van der Waals surface area (Å²) in [5.41, 5.74) is 7.05. The van der Waals surface area contributed by atoms with Gasteiger partial charge in [-0.05, 0) is 55.4 Å². The number of rotatable bonds is 5. The molecule has 0 atom stereocenters. The van der Waals surface area contributed by atoms with Crippen molar-refractivity contribution in [1.82, 2.24) is 15.2 Å². The van der Waals surface area contributed by atoms with E-state index in [2.05, 4.69) is 25.4 Å². The number of nitrogens with zero attached hydrogens (tertiary/aromatic N) is 4. The Morgan fingerprint density at radius 3 is 2.36 bits per heavy atom. The molecule has 2 aromatic heterocycles. The molecule has 0 radical (unpaired) electrons. The largest absolute Gasteiger partial charge is 0.400 e. The highest BCUT2D eigenvalue weighted by Gasteiger charge is 2.45. The van der Waals surface area contributed by atoms with E-state index in [1.165, 1.54) is 18.9 Å². The Morgan fingerprint density at radius 2 is 1.81 bits per heavy atom. The molecule has 1 aliphatic heterocycles. The number of benzene rings is 1. The first-order valence-electron chi connectivity index (χ1n) is 11.8. The average Bonchev–Trinajstić information content (AvgIpc) is 3.34. The molecular weight excluding hydrogens is 470 g/mol. The van der Waals surface area contributed by atoms with Gasteiger partial charge in [0, 0.05) is 30.8 Å². The van der Waals surface area contributed by atoms with Crippen LogP contribution >= 0.6 is 0 Å². The molecule has 1 spiro atoms. The summed E-state index contributed by atoms with van der Waals surface area (Å²) in [7, 11) is 0. The minimum atomic E-state index is -1.000. The molecule has 0 amide bonds. The number of halogens is 2. The van der Waals surface area contributed by atoms with Crippen LogP contribution in [-0.4, -0.2) is 40.8 Å².